The third kappa shape index (κ3) is 2.34. The van der Waals surface area contributed by atoms with E-state index in [0.717, 1.165) is 24.3 Å². The van der Waals surface area contributed by atoms with Crippen LogP contribution < -0.4 is 11.2 Å². The lowest BCUT2D eigenvalue weighted by molar-refractivity contribution is 0.341. The highest BCUT2D eigenvalue weighted by Gasteiger charge is 2.23. The van der Waals surface area contributed by atoms with Crippen molar-refractivity contribution in [2.75, 3.05) is 11.5 Å². The predicted molar refractivity (Wildman–Crippen MR) is 72.7 cm³/mol. The van der Waals surface area contributed by atoms with Gasteiger partial charge in [0.05, 0.1) is 5.56 Å². The van der Waals surface area contributed by atoms with Crippen LogP contribution in [0, 0.1) is 0 Å². The molecule has 2 heterocycles. The van der Waals surface area contributed by atoms with Crippen LogP contribution in [0.4, 0.5) is 0 Å². The molecule has 100 valence electrons. The highest BCUT2D eigenvalue weighted by atomic mass is 32.2. The molecule has 0 atom stereocenters. The fourth-order valence-electron chi connectivity index (χ4n) is 2.35. The number of aromatic nitrogens is 2. The van der Waals surface area contributed by atoms with E-state index in [9.17, 15) is 14.7 Å². The van der Waals surface area contributed by atoms with Gasteiger partial charge < -0.3 is 5.11 Å². The zero-order valence-electron chi connectivity index (χ0n) is 10.6. The highest BCUT2D eigenvalue weighted by Crippen LogP contribution is 2.30. The number of thioether (sulfide) groups is 1. The number of rotatable bonds is 2. The SMILES string of the molecule is CC(C)c1c(O)n(C2CCSCC2)c(=O)[nH]c1=O. The van der Waals surface area contributed by atoms with Crippen LogP contribution in [0.1, 0.15) is 44.2 Å². The Bertz CT molecular complexity index is 541. The summed E-state index contributed by atoms with van der Waals surface area (Å²) in [6.45, 7) is 3.66. The van der Waals surface area contributed by atoms with Gasteiger partial charge in [-0.1, -0.05) is 13.8 Å². The summed E-state index contributed by atoms with van der Waals surface area (Å²) in [5.41, 5.74) is -0.680. The van der Waals surface area contributed by atoms with Gasteiger partial charge in [0.25, 0.3) is 5.56 Å². The molecule has 1 saturated heterocycles. The van der Waals surface area contributed by atoms with Crippen molar-refractivity contribution in [2.45, 2.75) is 38.6 Å². The van der Waals surface area contributed by atoms with Crippen LogP contribution in [-0.2, 0) is 0 Å². The van der Waals surface area contributed by atoms with Crippen LogP contribution in [0.3, 0.4) is 0 Å². The standard InChI is InChI=1S/C12H18N2O3S/c1-7(2)9-10(15)13-12(17)14(11(9)16)8-3-5-18-6-4-8/h7-8,16H,3-6H2,1-2H3,(H,13,15,17). The normalized spacial score (nSPS) is 17.3. The maximum Gasteiger partial charge on any atom is 0.331 e. The van der Waals surface area contributed by atoms with Gasteiger partial charge in [0.15, 0.2) is 0 Å². The van der Waals surface area contributed by atoms with Crippen LogP contribution in [0.2, 0.25) is 0 Å². The molecule has 18 heavy (non-hydrogen) atoms. The van der Waals surface area contributed by atoms with Crippen LogP contribution >= 0.6 is 11.8 Å². The average Bonchev–Trinajstić information content (AvgIpc) is 2.28. The Balaban J connectivity index is 2.56. The molecule has 0 saturated carbocycles. The van der Waals surface area contributed by atoms with Crippen LogP contribution in [0.15, 0.2) is 9.59 Å². The van der Waals surface area contributed by atoms with Crippen LogP contribution in [-0.4, -0.2) is 26.2 Å². The van der Waals surface area contributed by atoms with Gasteiger partial charge in [-0.3, -0.25) is 14.3 Å². The van der Waals surface area contributed by atoms with E-state index < -0.39 is 11.2 Å². The van der Waals surface area contributed by atoms with E-state index in [1.807, 2.05) is 25.6 Å². The fraction of sp³-hybridized carbons (Fsp3) is 0.667. The van der Waals surface area contributed by atoms with Crippen molar-refractivity contribution in [1.29, 1.82) is 0 Å². The van der Waals surface area contributed by atoms with Crippen molar-refractivity contribution < 1.29 is 5.11 Å². The molecule has 0 aromatic carbocycles. The maximum absolute atomic E-state index is 11.9. The molecular weight excluding hydrogens is 252 g/mol. The molecule has 0 spiro atoms. The van der Waals surface area contributed by atoms with Gasteiger partial charge >= 0.3 is 5.69 Å². The zero-order chi connectivity index (χ0) is 13.3. The number of hydrogen-bond acceptors (Lipinski definition) is 4. The smallest absolute Gasteiger partial charge is 0.331 e. The number of aromatic amines is 1. The Morgan fingerprint density at radius 3 is 2.50 bits per heavy atom. The summed E-state index contributed by atoms with van der Waals surface area (Å²) in [6.07, 6.45) is 1.70. The molecule has 1 aliphatic heterocycles. The van der Waals surface area contributed by atoms with Crippen molar-refractivity contribution in [3.05, 3.63) is 26.4 Å². The lowest BCUT2D eigenvalue weighted by atomic mass is 10.1. The molecule has 0 unspecified atom stereocenters. The average molecular weight is 270 g/mol. The van der Waals surface area contributed by atoms with Gasteiger partial charge in [-0.15, -0.1) is 0 Å². The van der Waals surface area contributed by atoms with Crippen LogP contribution in [0.25, 0.3) is 0 Å². The number of nitrogens with one attached hydrogen (secondary N) is 1. The Hall–Kier alpha value is -1.17. The molecule has 0 amide bonds. The zero-order valence-corrected chi connectivity index (χ0v) is 11.4. The first-order valence-electron chi connectivity index (χ1n) is 6.17. The monoisotopic (exact) mass is 270 g/mol. The van der Waals surface area contributed by atoms with Gasteiger partial charge in [0.1, 0.15) is 0 Å². The second-order valence-corrected chi connectivity index (χ2v) is 6.09. The number of H-pyrrole nitrogens is 1. The molecule has 6 heteroatoms. The highest BCUT2D eigenvalue weighted by molar-refractivity contribution is 7.99. The van der Waals surface area contributed by atoms with Gasteiger partial charge in [0, 0.05) is 6.04 Å². The maximum atomic E-state index is 11.9. The number of nitrogens with zero attached hydrogens (tertiary/aromatic N) is 1. The lowest BCUT2D eigenvalue weighted by Gasteiger charge is -2.25. The second kappa shape index (κ2) is 5.22. The summed E-state index contributed by atoms with van der Waals surface area (Å²) in [5.74, 6) is 1.69. The van der Waals surface area contributed by atoms with Gasteiger partial charge in [-0.25, -0.2) is 4.79 Å². The van der Waals surface area contributed by atoms with Gasteiger partial charge in [0.2, 0.25) is 5.88 Å². The number of aromatic hydroxyl groups is 1. The molecule has 0 aliphatic carbocycles. The van der Waals surface area contributed by atoms with Crippen molar-refractivity contribution in [3.63, 3.8) is 0 Å². The molecule has 2 rings (SSSR count). The van der Waals surface area contributed by atoms with E-state index in [-0.39, 0.29) is 17.8 Å². The number of hydrogen-bond donors (Lipinski definition) is 2. The minimum atomic E-state index is -0.501. The van der Waals surface area contributed by atoms with E-state index >= 15 is 0 Å². The topological polar surface area (TPSA) is 75.1 Å². The minimum absolute atomic E-state index is 0.00639. The molecule has 1 fully saturated rings. The Morgan fingerprint density at radius 2 is 1.94 bits per heavy atom. The van der Waals surface area contributed by atoms with E-state index in [0.29, 0.717) is 5.56 Å². The van der Waals surface area contributed by atoms with Crippen molar-refractivity contribution in [1.82, 2.24) is 9.55 Å². The third-order valence-electron chi connectivity index (χ3n) is 3.29. The third-order valence-corrected chi connectivity index (χ3v) is 4.34. The van der Waals surface area contributed by atoms with E-state index in [1.54, 1.807) is 0 Å². The summed E-state index contributed by atoms with van der Waals surface area (Å²) in [7, 11) is 0. The molecule has 0 radical (unpaired) electrons. The fourth-order valence-corrected chi connectivity index (χ4v) is 3.44. The quantitative estimate of drug-likeness (QED) is 0.852. The summed E-state index contributed by atoms with van der Waals surface area (Å²) >= 11 is 1.85. The van der Waals surface area contributed by atoms with Gasteiger partial charge in [-0.2, -0.15) is 11.8 Å². The summed E-state index contributed by atoms with van der Waals surface area (Å²) in [5, 5.41) is 10.2. The summed E-state index contributed by atoms with van der Waals surface area (Å²) in [6, 6.07) is -0.00639. The molecule has 0 bridgehead atoms. The van der Waals surface area contributed by atoms with Crippen molar-refractivity contribution in [2.24, 2.45) is 0 Å². The molecule has 1 aromatic rings. The Labute approximate surface area is 109 Å². The molecule has 1 aromatic heterocycles. The Morgan fingerprint density at radius 1 is 1.33 bits per heavy atom. The molecule has 1 aliphatic rings. The van der Waals surface area contributed by atoms with Crippen LogP contribution in [0.5, 0.6) is 5.88 Å². The predicted octanol–water partition coefficient (Wildman–Crippen LogP) is 1.43. The lowest BCUT2D eigenvalue weighted by Crippen LogP contribution is -2.36. The minimum Gasteiger partial charge on any atom is -0.494 e. The van der Waals surface area contributed by atoms with E-state index in [4.69, 9.17) is 0 Å². The van der Waals surface area contributed by atoms with Crippen molar-refractivity contribution >= 4 is 11.8 Å². The summed E-state index contributed by atoms with van der Waals surface area (Å²) in [4.78, 5) is 25.9. The van der Waals surface area contributed by atoms with E-state index in [1.165, 1.54) is 4.57 Å². The largest absolute Gasteiger partial charge is 0.494 e. The van der Waals surface area contributed by atoms with E-state index in [2.05, 4.69) is 4.98 Å². The first-order valence-corrected chi connectivity index (χ1v) is 7.33. The molecular formula is C12H18N2O3S. The second-order valence-electron chi connectivity index (χ2n) is 4.86. The molecule has 2 N–H and O–H groups in total. The first kappa shape index (κ1) is 13.3. The van der Waals surface area contributed by atoms with Crippen molar-refractivity contribution in [3.8, 4) is 5.88 Å². The summed E-state index contributed by atoms with van der Waals surface area (Å²) < 4.78 is 1.36. The Kier molecular flexibility index (Phi) is 3.85. The first-order chi connectivity index (χ1) is 8.52. The molecule has 5 nitrogen and oxygen atoms in total. The van der Waals surface area contributed by atoms with Gasteiger partial charge in [-0.05, 0) is 30.3 Å².